The van der Waals surface area contributed by atoms with Crippen LogP contribution in [-0.2, 0) is 0 Å². The van der Waals surface area contributed by atoms with Crippen molar-refractivity contribution in [1.82, 2.24) is 4.90 Å². The molecule has 13 heteroatoms. The lowest BCUT2D eigenvalue weighted by molar-refractivity contribution is -0.892. The van der Waals surface area contributed by atoms with E-state index in [9.17, 15) is 10.2 Å². The highest BCUT2D eigenvalue weighted by Crippen LogP contribution is 2.20. The molecule has 3 rings (SSSR count). The molecule has 0 aromatic heterocycles. The van der Waals surface area contributed by atoms with Crippen molar-refractivity contribution >= 4 is 40.7 Å². The van der Waals surface area contributed by atoms with Crippen LogP contribution in [0.25, 0.3) is 0 Å². The lowest BCUT2D eigenvalue weighted by Crippen LogP contribution is -3.00. The van der Waals surface area contributed by atoms with Crippen molar-refractivity contribution < 1.29 is 70.5 Å². The normalized spacial score (nSPS) is 17.8. The van der Waals surface area contributed by atoms with Crippen molar-refractivity contribution in [2.45, 2.75) is 28.2 Å². The van der Waals surface area contributed by atoms with Gasteiger partial charge < -0.3 is 45.0 Å². The monoisotopic (exact) mass is 818 g/mol. The van der Waals surface area contributed by atoms with Gasteiger partial charge in [-0.15, -0.1) is 23.2 Å². The lowest BCUT2D eigenvalue weighted by Gasteiger charge is -2.38. The predicted octanol–water partition coefficient (Wildman–Crippen LogP) is -0.993. The van der Waals surface area contributed by atoms with Crippen LogP contribution in [0.1, 0.15) is 49.6 Å². The summed E-state index contributed by atoms with van der Waals surface area (Å²) >= 11 is 10.1. The number of quaternary nitrogens is 2. The molecular formula is C39H78Cl4N6O3. The van der Waals surface area contributed by atoms with Gasteiger partial charge in [-0.3, -0.25) is 14.0 Å². The molecule has 0 spiro atoms. The van der Waals surface area contributed by atoms with Gasteiger partial charge in [0.2, 0.25) is 0 Å². The minimum atomic E-state index is 0. The number of alkyl halides is 2. The molecule has 3 N–H and O–H groups in total. The molecule has 0 amide bonds. The average Bonchev–Trinajstić information content (AvgIpc) is 3.81. The van der Waals surface area contributed by atoms with Crippen LogP contribution in [0.5, 0.6) is 0 Å². The summed E-state index contributed by atoms with van der Waals surface area (Å²) in [6.45, 7) is 14.5. The zero-order valence-corrected chi connectivity index (χ0v) is 32.4. The molecule has 0 saturated heterocycles. The number of β-amino-alcohol motifs (C(OH)–C–C–N with tert-alkyl or cyclic N) is 1. The Morgan fingerprint density at radius 2 is 1.10 bits per heavy atom. The van der Waals surface area contributed by atoms with Gasteiger partial charge >= 0.3 is 0 Å². The Morgan fingerprint density at radius 3 is 1.52 bits per heavy atom. The van der Waals surface area contributed by atoms with Crippen molar-refractivity contribution in [1.29, 1.82) is 0 Å². The third-order valence-corrected chi connectivity index (χ3v) is 8.10. The lowest BCUT2D eigenvalue weighted by atomic mass is 10.2. The molecule has 2 unspecified atom stereocenters. The number of aliphatic hydroxyl groups excluding tert-OH is 3. The molecule has 0 saturated carbocycles. The summed E-state index contributed by atoms with van der Waals surface area (Å²) < 4.78 is 1.19. The zero-order chi connectivity index (χ0) is 36.1. The first-order valence-electron chi connectivity index (χ1n) is 15.8. The van der Waals surface area contributed by atoms with Crippen LogP contribution in [-0.4, -0.2) is 150 Å². The first kappa shape index (κ1) is 52.6. The molecule has 3 aliphatic rings. The van der Waals surface area contributed by atoms with Crippen LogP contribution in [0.4, 0.5) is 0 Å². The molecule has 0 aromatic rings. The zero-order valence-electron chi connectivity index (χ0n) is 29.4. The van der Waals surface area contributed by atoms with Crippen LogP contribution in [0.3, 0.4) is 0 Å². The Bertz CT molecular complexity index is 1750. The summed E-state index contributed by atoms with van der Waals surface area (Å²) in [6.07, 6.45) is 0. The molecule has 0 radical (unpaired) electrons. The van der Waals surface area contributed by atoms with Gasteiger partial charge in [0.1, 0.15) is 39.3 Å². The fourth-order valence-electron chi connectivity index (χ4n) is 4.96. The van der Waals surface area contributed by atoms with Gasteiger partial charge in [-0.2, -0.15) is 0 Å². The fraction of sp³-hybridized carbons (Fsp3) is 0.513. The second-order valence-electron chi connectivity index (χ2n) is 10.4. The number of hydrogen-bond acceptors (Lipinski definition) is 7. The number of hydrogen-bond donors (Lipinski definition) is 3. The van der Waals surface area contributed by atoms with Crippen molar-refractivity contribution in [3.8, 4) is 94.7 Å². The fourth-order valence-corrected chi connectivity index (χ4v) is 4.96. The quantitative estimate of drug-likeness (QED) is 0.150. The molecule has 0 bridgehead atoms. The van der Waals surface area contributed by atoms with Crippen molar-refractivity contribution in [2.75, 3.05) is 104 Å². The van der Waals surface area contributed by atoms with Gasteiger partial charge in [-0.25, -0.2) is 9.98 Å². The Morgan fingerprint density at radius 1 is 0.635 bits per heavy atom. The number of halogens is 4. The van der Waals surface area contributed by atoms with E-state index in [2.05, 4.69) is 115 Å². The molecule has 52 heavy (non-hydrogen) atoms. The highest BCUT2D eigenvalue weighted by molar-refractivity contribution is 6.25. The van der Waals surface area contributed by atoms with E-state index < -0.39 is 0 Å². The molecule has 310 valence electrons. The Balaban J connectivity index is -0.0000000428. The van der Waals surface area contributed by atoms with E-state index in [1.54, 1.807) is 6.92 Å². The minimum Gasteiger partial charge on any atom is -1.00 e. The van der Waals surface area contributed by atoms with Gasteiger partial charge in [-0.05, 0) is 96.7 Å². The highest BCUT2D eigenvalue weighted by Gasteiger charge is 2.43. The molecule has 9 nitrogen and oxygen atoms in total. The van der Waals surface area contributed by atoms with E-state index in [1.807, 2.05) is 13.8 Å². The van der Waals surface area contributed by atoms with E-state index in [4.69, 9.17) is 28.3 Å². The molecule has 3 aliphatic heterocycles. The third kappa shape index (κ3) is 20.3. The maximum Gasteiger partial charge on any atom is 0.277 e. The second kappa shape index (κ2) is 33.1. The predicted molar refractivity (Wildman–Crippen MR) is 239 cm³/mol. The first-order chi connectivity index (χ1) is 23.9. The number of aliphatic imine (C=N–C) groups is 3. The molecule has 0 aliphatic carbocycles. The van der Waals surface area contributed by atoms with Crippen LogP contribution >= 0.6 is 23.2 Å². The summed E-state index contributed by atoms with van der Waals surface area (Å²) in [4.78, 5) is 15.4. The van der Waals surface area contributed by atoms with E-state index in [0.29, 0.717) is 40.4 Å². The SMILES string of the molecule is C.CC#CC#CC#CC#CC#CC#CC#CC#CC1=NCC[N+]1(CCO)CC[N+]1(CCO)CCN=C1C.CC1=NCCN1CCO.ClCCCl.[Cl-].[Cl-].[HH].[HH].[HH].[HH].[HH].[HH].[HH].[HH].[HH].[HH].[HH].[HH].[HH].[HH].[HH]. The summed E-state index contributed by atoms with van der Waals surface area (Å²) in [7, 11) is 0. The molecule has 0 aromatic carbocycles. The molecular weight excluding hydrogens is 742 g/mol. The molecule has 2 atom stereocenters. The van der Waals surface area contributed by atoms with Crippen molar-refractivity contribution in [3.63, 3.8) is 0 Å². The van der Waals surface area contributed by atoms with Gasteiger partial charge in [0.15, 0.2) is 5.84 Å². The second-order valence-corrected chi connectivity index (χ2v) is 11.1. The first-order valence-corrected chi connectivity index (χ1v) is 16.9. The van der Waals surface area contributed by atoms with Gasteiger partial charge in [-0.1, -0.05) is 13.3 Å². The van der Waals surface area contributed by atoms with Crippen LogP contribution < -0.4 is 24.8 Å². The topological polar surface area (TPSA) is 101 Å². The largest absolute Gasteiger partial charge is 1.00 e. The summed E-state index contributed by atoms with van der Waals surface area (Å²) in [6, 6.07) is 0. The molecule has 3 heterocycles. The number of rotatable bonds is 10. The smallest absolute Gasteiger partial charge is 0.277 e. The third-order valence-electron chi connectivity index (χ3n) is 7.53. The standard InChI is InChI=1S/C30H28N4O2.C6H12N2O.C2H4Cl2.CH4.2ClH.15H2/c1-3-4-5-6-7-8-9-10-11-12-13-14-15-16-17-18-30-32-20-22-34(30,26-28-36)24-23-33(25-27-35)21-19-31-29(33)2;1-6-7-2-3-8(6)4-5-9;3-1-2-4;;;;;;;;;;;;;;;;;;/h35-36H,19-28H2,1-2H3;9H,2-5H2,1H3;1-2H2;1H4;17*1H/q+2;;;;;;;;;;;;;;;;;;;;/p-2. The van der Waals surface area contributed by atoms with Crippen LogP contribution in [0.15, 0.2) is 15.0 Å². The minimum absolute atomic E-state index is 0. The Kier molecular flexibility index (Phi) is 33.5. The summed E-state index contributed by atoms with van der Waals surface area (Å²) in [5.41, 5.74) is 0. The van der Waals surface area contributed by atoms with Crippen LogP contribution in [0.2, 0.25) is 0 Å². The maximum atomic E-state index is 9.75. The maximum absolute atomic E-state index is 9.75. The van der Waals surface area contributed by atoms with E-state index in [-0.39, 0.29) is 73.5 Å². The van der Waals surface area contributed by atoms with Crippen molar-refractivity contribution in [3.05, 3.63) is 0 Å². The number of nitrogens with zero attached hydrogens (tertiary/aromatic N) is 6. The summed E-state index contributed by atoms with van der Waals surface area (Å²) in [5.74, 6) is 46.1. The average molecular weight is 821 g/mol. The molecule has 0 fully saturated rings. The Hall–Kier alpha value is -3.75. The van der Waals surface area contributed by atoms with E-state index in [1.165, 1.54) is 0 Å². The van der Waals surface area contributed by atoms with E-state index >= 15 is 0 Å². The van der Waals surface area contributed by atoms with Gasteiger partial charge in [0, 0.05) is 59.1 Å². The Labute approximate surface area is 357 Å². The van der Waals surface area contributed by atoms with Crippen LogP contribution in [0, 0.1) is 94.7 Å². The van der Waals surface area contributed by atoms with Gasteiger partial charge in [0.25, 0.3) is 5.84 Å². The van der Waals surface area contributed by atoms with Crippen molar-refractivity contribution in [2.24, 2.45) is 15.0 Å². The van der Waals surface area contributed by atoms with E-state index in [0.717, 1.165) is 69.9 Å². The van der Waals surface area contributed by atoms with Gasteiger partial charge in [0.05, 0.1) is 45.3 Å². The number of aliphatic hydroxyl groups is 3. The summed E-state index contributed by atoms with van der Waals surface area (Å²) in [5, 5.41) is 27.9. The highest BCUT2D eigenvalue weighted by atomic mass is 35.5. The number of amidine groups is 3.